The third kappa shape index (κ3) is 2.97. The number of ether oxygens (including phenoxy) is 1. The summed E-state index contributed by atoms with van der Waals surface area (Å²) >= 11 is 12.3. The van der Waals surface area contributed by atoms with Crippen LogP contribution in [0.25, 0.3) is 0 Å². The van der Waals surface area contributed by atoms with E-state index in [1.165, 1.54) is 0 Å². The molecule has 0 amide bonds. The van der Waals surface area contributed by atoms with Gasteiger partial charge in [0.05, 0.1) is 12.0 Å². The van der Waals surface area contributed by atoms with Crippen LogP contribution in [-0.4, -0.2) is 19.1 Å². The Morgan fingerprint density at radius 3 is 2.39 bits per heavy atom. The summed E-state index contributed by atoms with van der Waals surface area (Å²) in [6, 6.07) is 5.15. The van der Waals surface area contributed by atoms with Crippen molar-refractivity contribution in [2.45, 2.75) is 25.7 Å². The van der Waals surface area contributed by atoms with Gasteiger partial charge in [-0.3, -0.25) is 4.79 Å². The highest BCUT2D eigenvalue weighted by Gasteiger charge is 2.39. The second-order valence-corrected chi connectivity index (χ2v) is 5.00. The number of hydrogen-bond donors (Lipinski definition) is 1. The summed E-state index contributed by atoms with van der Waals surface area (Å²) in [5, 5.41) is 0.901. The van der Waals surface area contributed by atoms with Crippen molar-refractivity contribution < 1.29 is 9.53 Å². The first-order chi connectivity index (χ1) is 8.47. The van der Waals surface area contributed by atoms with Crippen LogP contribution in [0, 0.1) is 0 Å². The molecule has 0 fully saturated rings. The van der Waals surface area contributed by atoms with E-state index in [-0.39, 0.29) is 5.97 Å². The summed E-state index contributed by atoms with van der Waals surface area (Å²) in [5.74, 6) is -0.356. The van der Waals surface area contributed by atoms with Crippen molar-refractivity contribution in [3.05, 3.63) is 33.8 Å². The third-order valence-corrected chi connectivity index (χ3v) is 3.51. The number of benzene rings is 1. The molecule has 1 aromatic carbocycles. The van der Waals surface area contributed by atoms with Crippen LogP contribution in [0.1, 0.15) is 25.8 Å². The normalized spacial score (nSPS) is 14.1. The summed E-state index contributed by atoms with van der Waals surface area (Å²) in [4.78, 5) is 12.2. The van der Waals surface area contributed by atoms with Crippen molar-refractivity contribution in [1.29, 1.82) is 0 Å². The minimum absolute atomic E-state index is 0.307. The summed E-state index contributed by atoms with van der Waals surface area (Å²) < 4.78 is 5.11. The van der Waals surface area contributed by atoms with Gasteiger partial charge in [-0.2, -0.15) is 0 Å². The smallest absolute Gasteiger partial charge is 0.316 e. The van der Waals surface area contributed by atoms with E-state index in [0.717, 1.165) is 0 Å². The highest BCUT2D eigenvalue weighted by atomic mass is 35.5. The topological polar surface area (TPSA) is 52.3 Å². The van der Waals surface area contributed by atoms with E-state index in [1.807, 2.05) is 0 Å². The zero-order valence-electron chi connectivity index (χ0n) is 10.5. The van der Waals surface area contributed by atoms with Gasteiger partial charge in [-0.05, 0) is 38.9 Å². The summed E-state index contributed by atoms with van der Waals surface area (Å²) in [7, 11) is 0. The predicted molar refractivity (Wildman–Crippen MR) is 74.1 cm³/mol. The molecule has 3 nitrogen and oxygen atoms in total. The van der Waals surface area contributed by atoms with Crippen molar-refractivity contribution in [2.24, 2.45) is 5.73 Å². The second kappa shape index (κ2) is 6.41. The second-order valence-electron chi connectivity index (χ2n) is 4.19. The average Bonchev–Trinajstić information content (AvgIpc) is 2.29. The maximum Gasteiger partial charge on any atom is 0.316 e. The molecular formula is C13H17Cl2NO2. The van der Waals surface area contributed by atoms with Gasteiger partial charge in [0.25, 0.3) is 0 Å². The van der Waals surface area contributed by atoms with Crippen molar-refractivity contribution in [3.63, 3.8) is 0 Å². The molecule has 18 heavy (non-hydrogen) atoms. The first kappa shape index (κ1) is 15.3. The maximum atomic E-state index is 12.2. The lowest BCUT2D eigenvalue weighted by molar-refractivity contribution is -0.149. The largest absolute Gasteiger partial charge is 0.465 e. The van der Waals surface area contributed by atoms with Gasteiger partial charge in [-0.1, -0.05) is 29.3 Å². The van der Waals surface area contributed by atoms with E-state index in [2.05, 4.69) is 0 Å². The molecule has 0 aromatic heterocycles. The molecule has 0 aliphatic rings. The molecular weight excluding hydrogens is 273 g/mol. The van der Waals surface area contributed by atoms with Crippen LogP contribution in [0.2, 0.25) is 10.0 Å². The van der Waals surface area contributed by atoms with E-state index in [1.54, 1.807) is 32.0 Å². The number of esters is 1. The van der Waals surface area contributed by atoms with Crippen LogP contribution < -0.4 is 5.73 Å². The lowest BCUT2D eigenvalue weighted by atomic mass is 9.79. The van der Waals surface area contributed by atoms with Gasteiger partial charge in [0, 0.05) is 15.6 Å². The molecule has 0 heterocycles. The molecule has 1 atom stereocenters. The highest BCUT2D eigenvalue weighted by Crippen LogP contribution is 2.38. The fourth-order valence-corrected chi connectivity index (χ4v) is 2.75. The molecule has 0 spiro atoms. The predicted octanol–water partition coefficient (Wildman–Crippen LogP) is 3.16. The monoisotopic (exact) mass is 289 g/mol. The van der Waals surface area contributed by atoms with Crippen LogP contribution in [0.4, 0.5) is 0 Å². The SMILES string of the molecule is CCOC(=O)C(C)(CCN)c1c(Cl)cccc1Cl. The van der Waals surface area contributed by atoms with E-state index in [9.17, 15) is 4.79 Å². The Labute approximate surface area is 117 Å². The van der Waals surface area contributed by atoms with Crippen molar-refractivity contribution in [3.8, 4) is 0 Å². The summed E-state index contributed by atoms with van der Waals surface area (Å²) in [6.07, 6.45) is 0.426. The standard InChI is InChI=1S/C13H17Cl2NO2/c1-3-18-12(17)13(2,7-8-16)11-9(14)5-4-6-10(11)15/h4-6H,3,7-8,16H2,1-2H3. The quantitative estimate of drug-likeness (QED) is 0.847. The van der Waals surface area contributed by atoms with Gasteiger partial charge in [0.2, 0.25) is 0 Å². The number of carbonyl (C=O) groups excluding carboxylic acids is 1. The van der Waals surface area contributed by atoms with Crippen molar-refractivity contribution in [2.75, 3.05) is 13.2 Å². The van der Waals surface area contributed by atoms with Crippen LogP contribution in [0.3, 0.4) is 0 Å². The molecule has 5 heteroatoms. The molecule has 0 saturated heterocycles. The average molecular weight is 290 g/mol. The summed E-state index contributed by atoms with van der Waals surface area (Å²) in [6.45, 7) is 4.16. The lowest BCUT2D eigenvalue weighted by Crippen LogP contribution is -2.37. The molecule has 1 aromatic rings. The highest BCUT2D eigenvalue weighted by molar-refractivity contribution is 6.36. The van der Waals surface area contributed by atoms with Gasteiger partial charge in [0.1, 0.15) is 0 Å². The molecule has 2 N–H and O–H groups in total. The Bertz CT molecular complexity index is 417. The van der Waals surface area contributed by atoms with Gasteiger partial charge < -0.3 is 10.5 Å². The summed E-state index contributed by atoms with van der Waals surface area (Å²) in [5.41, 5.74) is 5.26. The number of carbonyl (C=O) groups is 1. The maximum absolute atomic E-state index is 12.2. The Morgan fingerprint density at radius 2 is 1.94 bits per heavy atom. The van der Waals surface area contributed by atoms with Crippen molar-refractivity contribution >= 4 is 29.2 Å². The number of hydrogen-bond acceptors (Lipinski definition) is 3. The molecule has 0 bridgehead atoms. The Hall–Kier alpha value is -0.770. The molecule has 0 radical (unpaired) electrons. The van der Waals surface area contributed by atoms with Crippen molar-refractivity contribution in [1.82, 2.24) is 0 Å². The van der Waals surface area contributed by atoms with E-state index in [0.29, 0.717) is 35.2 Å². The first-order valence-corrected chi connectivity index (χ1v) is 6.54. The molecule has 0 aliphatic heterocycles. The van der Waals surface area contributed by atoms with Gasteiger partial charge in [-0.15, -0.1) is 0 Å². The zero-order chi connectivity index (χ0) is 13.8. The minimum atomic E-state index is -0.916. The van der Waals surface area contributed by atoms with E-state index in [4.69, 9.17) is 33.7 Å². The molecule has 100 valence electrons. The van der Waals surface area contributed by atoms with Gasteiger partial charge in [-0.25, -0.2) is 0 Å². The molecule has 1 rings (SSSR count). The molecule has 1 unspecified atom stereocenters. The minimum Gasteiger partial charge on any atom is -0.465 e. The van der Waals surface area contributed by atoms with Gasteiger partial charge >= 0.3 is 5.97 Å². The van der Waals surface area contributed by atoms with E-state index >= 15 is 0 Å². The number of rotatable bonds is 5. The Balaban J connectivity index is 3.31. The first-order valence-electron chi connectivity index (χ1n) is 5.79. The zero-order valence-corrected chi connectivity index (χ0v) is 12.0. The Kier molecular flexibility index (Phi) is 5.45. The molecule has 0 saturated carbocycles. The number of halogens is 2. The Morgan fingerprint density at radius 1 is 1.39 bits per heavy atom. The van der Waals surface area contributed by atoms with Gasteiger partial charge in [0.15, 0.2) is 0 Å². The van der Waals surface area contributed by atoms with Crippen LogP contribution in [-0.2, 0) is 14.9 Å². The van der Waals surface area contributed by atoms with Crippen LogP contribution in [0.5, 0.6) is 0 Å². The fourth-order valence-electron chi connectivity index (χ4n) is 1.93. The van der Waals surface area contributed by atoms with Crippen LogP contribution >= 0.6 is 23.2 Å². The lowest BCUT2D eigenvalue weighted by Gasteiger charge is -2.29. The third-order valence-electron chi connectivity index (χ3n) is 2.88. The fraction of sp³-hybridized carbons (Fsp3) is 0.462. The van der Waals surface area contributed by atoms with E-state index < -0.39 is 5.41 Å². The molecule has 0 aliphatic carbocycles. The van der Waals surface area contributed by atoms with Crippen LogP contribution in [0.15, 0.2) is 18.2 Å². The number of nitrogens with two attached hydrogens (primary N) is 1.